The maximum Gasteiger partial charge on any atom is 0.235 e. The molecule has 1 amide bonds. The molecule has 0 radical (unpaired) electrons. The predicted octanol–water partition coefficient (Wildman–Crippen LogP) is 2.09. The lowest BCUT2D eigenvalue weighted by Gasteiger charge is -2.21. The Hall–Kier alpha value is -2.38. The minimum absolute atomic E-state index is 0.178. The quantitative estimate of drug-likeness (QED) is 0.632. The fourth-order valence-corrected chi connectivity index (χ4v) is 3.38. The van der Waals surface area contributed by atoms with Crippen LogP contribution in [0, 0.1) is 0 Å². The third-order valence-electron chi connectivity index (χ3n) is 4.18. The molecule has 27 heavy (non-hydrogen) atoms. The third-order valence-corrected chi connectivity index (χ3v) is 5.38. The van der Waals surface area contributed by atoms with Gasteiger partial charge in [0, 0.05) is 32.4 Å². The number of anilines is 1. The van der Waals surface area contributed by atoms with Crippen LogP contribution in [-0.4, -0.2) is 51.6 Å². The van der Waals surface area contributed by atoms with Gasteiger partial charge in [0.2, 0.25) is 15.9 Å². The molecule has 6 nitrogen and oxygen atoms in total. The maximum atomic E-state index is 12.2. The second kappa shape index (κ2) is 10.1. The highest BCUT2D eigenvalue weighted by Gasteiger charge is 2.20. The van der Waals surface area contributed by atoms with Gasteiger partial charge in [0.15, 0.2) is 0 Å². The van der Waals surface area contributed by atoms with Crippen molar-refractivity contribution in [1.82, 2.24) is 9.62 Å². The van der Waals surface area contributed by atoms with Gasteiger partial charge >= 0.3 is 0 Å². The van der Waals surface area contributed by atoms with E-state index in [1.54, 1.807) is 0 Å². The highest BCUT2D eigenvalue weighted by molar-refractivity contribution is 7.88. The molecule has 2 aromatic carbocycles. The van der Waals surface area contributed by atoms with Crippen molar-refractivity contribution >= 4 is 21.6 Å². The Balaban J connectivity index is 1.78. The summed E-state index contributed by atoms with van der Waals surface area (Å²) in [6.07, 6.45) is 1.90. The Bertz CT molecular complexity index is 811. The second-order valence-corrected chi connectivity index (χ2v) is 8.46. The van der Waals surface area contributed by atoms with Crippen molar-refractivity contribution in [2.75, 3.05) is 37.8 Å². The van der Waals surface area contributed by atoms with Gasteiger partial charge in [-0.1, -0.05) is 48.5 Å². The zero-order chi connectivity index (χ0) is 19.7. The summed E-state index contributed by atoms with van der Waals surface area (Å²) in [4.78, 5) is 14.3. The summed E-state index contributed by atoms with van der Waals surface area (Å²) in [7, 11) is -1.47. The van der Waals surface area contributed by atoms with Crippen molar-refractivity contribution in [3.05, 3.63) is 66.2 Å². The van der Waals surface area contributed by atoms with E-state index in [9.17, 15) is 13.2 Å². The lowest BCUT2D eigenvalue weighted by atomic mass is 10.2. The van der Waals surface area contributed by atoms with Crippen LogP contribution in [0.4, 0.5) is 5.69 Å². The van der Waals surface area contributed by atoms with Crippen molar-refractivity contribution in [2.45, 2.75) is 13.0 Å². The summed E-state index contributed by atoms with van der Waals surface area (Å²) in [6, 6.07) is 19.3. The molecule has 0 aliphatic rings. The van der Waals surface area contributed by atoms with Crippen LogP contribution in [0.5, 0.6) is 0 Å². The third kappa shape index (κ3) is 7.40. The molecule has 0 unspecified atom stereocenters. The first-order valence-corrected chi connectivity index (χ1v) is 10.7. The van der Waals surface area contributed by atoms with E-state index in [4.69, 9.17) is 0 Å². The SMILES string of the molecule is CN(CCCNC(=O)CN(Cc1ccccc1)S(C)(=O)=O)c1ccccc1. The van der Waals surface area contributed by atoms with Crippen LogP contribution in [-0.2, 0) is 21.4 Å². The Kier molecular flexibility index (Phi) is 7.82. The molecule has 0 spiro atoms. The molecule has 0 heterocycles. The number of nitrogens with one attached hydrogen (secondary N) is 1. The average molecular weight is 390 g/mol. The van der Waals surface area contributed by atoms with Crippen LogP contribution in [0.25, 0.3) is 0 Å². The molecule has 0 saturated heterocycles. The van der Waals surface area contributed by atoms with E-state index in [1.165, 1.54) is 4.31 Å². The highest BCUT2D eigenvalue weighted by atomic mass is 32.2. The molecule has 0 aliphatic carbocycles. The Morgan fingerprint density at radius 3 is 2.19 bits per heavy atom. The van der Waals surface area contributed by atoms with Crippen molar-refractivity contribution in [3.8, 4) is 0 Å². The fraction of sp³-hybridized carbons (Fsp3) is 0.350. The normalized spacial score (nSPS) is 11.4. The van der Waals surface area contributed by atoms with Crippen molar-refractivity contribution < 1.29 is 13.2 Å². The van der Waals surface area contributed by atoms with E-state index >= 15 is 0 Å². The highest BCUT2D eigenvalue weighted by Crippen LogP contribution is 2.11. The molecule has 0 aliphatic heterocycles. The van der Waals surface area contributed by atoms with Crippen LogP contribution in [0.15, 0.2) is 60.7 Å². The number of benzene rings is 2. The van der Waals surface area contributed by atoms with Crippen LogP contribution in [0.2, 0.25) is 0 Å². The minimum Gasteiger partial charge on any atom is -0.375 e. The van der Waals surface area contributed by atoms with Gasteiger partial charge < -0.3 is 10.2 Å². The van der Waals surface area contributed by atoms with Gasteiger partial charge in [-0.25, -0.2) is 8.42 Å². The van der Waals surface area contributed by atoms with Crippen LogP contribution in [0.1, 0.15) is 12.0 Å². The molecule has 0 fully saturated rings. The summed E-state index contributed by atoms with van der Waals surface area (Å²) in [5.41, 5.74) is 1.97. The first kappa shape index (κ1) is 20.9. The van der Waals surface area contributed by atoms with E-state index in [0.29, 0.717) is 6.54 Å². The monoisotopic (exact) mass is 389 g/mol. The molecule has 146 valence electrons. The number of hydrogen-bond acceptors (Lipinski definition) is 4. The lowest BCUT2D eigenvalue weighted by Crippen LogP contribution is -2.40. The van der Waals surface area contributed by atoms with E-state index in [0.717, 1.165) is 30.5 Å². The first-order chi connectivity index (χ1) is 12.9. The number of hydrogen-bond donors (Lipinski definition) is 1. The Labute approximate surface area is 161 Å². The van der Waals surface area contributed by atoms with E-state index < -0.39 is 10.0 Å². The number of amides is 1. The van der Waals surface area contributed by atoms with Crippen LogP contribution in [0.3, 0.4) is 0 Å². The Morgan fingerprint density at radius 1 is 1.00 bits per heavy atom. The molecule has 0 bridgehead atoms. The maximum absolute atomic E-state index is 12.2. The number of para-hydroxylation sites is 1. The van der Waals surface area contributed by atoms with E-state index in [1.807, 2.05) is 67.7 Å². The molecule has 2 rings (SSSR count). The zero-order valence-electron chi connectivity index (χ0n) is 15.8. The molecule has 0 saturated carbocycles. The first-order valence-electron chi connectivity index (χ1n) is 8.88. The van der Waals surface area contributed by atoms with Gasteiger partial charge in [0.1, 0.15) is 0 Å². The predicted molar refractivity (Wildman–Crippen MR) is 109 cm³/mol. The van der Waals surface area contributed by atoms with Gasteiger partial charge in [-0.3, -0.25) is 4.79 Å². The van der Waals surface area contributed by atoms with Gasteiger partial charge in [-0.2, -0.15) is 4.31 Å². The molecular formula is C20H27N3O3S. The average Bonchev–Trinajstić information content (AvgIpc) is 2.65. The number of nitrogens with zero attached hydrogens (tertiary/aromatic N) is 2. The largest absolute Gasteiger partial charge is 0.375 e. The van der Waals surface area contributed by atoms with Crippen molar-refractivity contribution in [1.29, 1.82) is 0 Å². The summed E-state index contributed by atoms with van der Waals surface area (Å²) in [6.45, 7) is 1.30. The summed E-state index contributed by atoms with van der Waals surface area (Å²) in [5.74, 6) is -0.293. The summed E-state index contributed by atoms with van der Waals surface area (Å²) < 4.78 is 25.2. The zero-order valence-corrected chi connectivity index (χ0v) is 16.7. The van der Waals surface area contributed by atoms with Crippen LogP contribution < -0.4 is 10.2 Å². The molecular weight excluding hydrogens is 362 g/mol. The Morgan fingerprint density at radius 2 is 1.59 bits per heavy atom. The number of sulfonamides is 1. The number of carbonyl (C=O) groups excluding carboxylic acids is 1. The molecule has 0 aromatic heterocycles. The minimum atomic E-state index is -3.47. The summed E-state index contributed by atoms with van der Waals surface area (Å²) >= 11 is 0. The van der Waals surface area contributed by atoms with E-state index in [2.05, 4.69) is 10.2 Å². The number of rotatable bonds is 10. The molecule has 1 N–H and O–H groups in total. The fourth-order valence-electron chi connectivity index (χ4n) is 2.65. The molecule has 2 aromatic rings. The van der Waals surface area contributed by atoms with Gasteiger partial charge in [0.05, 0.1) is 12.8 Å². The van der Waals surface area contributed by atoms with Crippen molar-refractivity contribution in [2.24, 2.45) is 0 Å². The summed E-state index contributed by atoms with van der Waals surface area (Å²) in [5, 5.41) is 2.81. The van der Waals surface area contributed by atoms with Crippen LogP contribution >= 0.6 is 0 Å². The van der Waals surface area contributed by atoms with Gasteiger partial charge in [-0.05, 0) is 24.1 Å². The van der Waals surface area contributed by atoms with Gasteiger partial charge in [0.25, 0.3) is 0 Å². The number of carbonyl (C=O) groups is 1. The second-order valence-electron chi connectivity index (χ2n) is 6.48. The molecule has 7 heteroatoms. The lowest BCUT2D eigenvalue weighted by molar-refractivity contribution is -0.121. The van der Waals surface area contributed by atoms with Gasteiger partial charge in [-0.15, -0.1) is 0 Å². The standard InChI is InChI=1S/C20H27N3O3S/c1-22(19-12-7-4-8-13-19)15-9-14-21-20(24)17-23(27(2,25)26)16-18-10-5-3-6-11-18/h3-8,10-13H,9,14-17H2,1-2H3,(H,21,24). The molecule has 0 atom stereocenters. The van der Waals surface area contributed by atoms with E-state index in [-0.39, 0.29) is 19.0 Å². The topological polar surface area (TPSA) is 69.7 Å². The van der Waals surface area contributed by atoms with Crippen molar-refractivity contribution in [3.63, 3.8) is 0 Å². The smallest absolute Gasteiger partial charge is 0.235 e.